The fourth-order valence-electron chi connectivity index (χ4n) is 3.01. The van der Waals surface area contributed by atoms with E-state index in [-0.39, 0.29) is 5.97 Å². The summed E-state index contributed by atoms with van der Waals surface area (Å²) in [6, 6.07) is 7.62. The lowest BCUT2D eigenvalue weighted by Gasteiger charge is -2.27. The maximum absolute atomic E-state index is 11.5. The van der Waals surface area contributed by atoms with Gasteiger partial charge in [0.25, 0.3) is 0 Å². The molecule has 23 heavy (non-hydrogen) atoms. The molecule has 1 aromatic rings. The van der Waals surface area contributed by atoms with Crippen molar-refractivity contribution in [3.05, 3.63) is 35.4 Å². The molecule has 1 aliphatic rings. The van der Waals surface area contributed by atoms with Crippen LogP contribution in [0.2, 0.25) is 0 Å². The van der Waals surface area contributed by atoms with E-state index in [0.29, 0.717) is 12.1 Å². The number of esters is 1. The first-order valence-electron chi connectivity index (χ1n) is 8.22. The summed E-state index contributed by atoms with van der Waals surface area (Å²) in [5, 5.41) is 9.96. The lowest BCUT2D eigenvalue weighted by molar-refractivity contribution is 0.0374. The van der Waals surface area contributed by atoms with Gasteiger partial charge in [-0.25, -0.2) is 4.79 Å². The predicted molar refractivity (Wildman–Crippen MR) is 90.4 cm³/mol. The van der Waals surface area contributed by atoms with Crippen molar-refractivity contribution in [3.63, 3.8) is 0 Å². The summed E-state index contributed by atoms with van der Waals surface area (Å²) in [4.78, 5) is 16.2. The summed E-state index contributed by atoms with van der Waals surface area (Å²) in [7, 11) is 1.40. The SMILES string of the molecule is COC(=O)c1ccc(CN2CCCN(CC(C)(C)O)CC2)cc1. The molecule has 0 aromatic heterocycles. The summed E-state index contributed by atoms with van der Waals surface area (Å²) in [5.41, 5.74) is 1.15. The summed E-state index contributed by atoms with van der Waals surface area (Å²) < 4.78 is 4.72. The summed E-state index contributed by atoms with van der Waals surface area (Å²) in [5.74, 6) is -0.298. The maximum atomic E-state index is 11.5. The van der Waals surface area contributed by atoms with Crippen LogP contribution >= 0.6 is 0 Å². The number of carbonyl (C=O) groups excluding carboxylic acids is 1. The minimum Gasteiger partial charge on any atom is -0.465 e. The second-order valence-corrected chi connectivity index (χ2v) is 6.91. The number of rotatable bonds is 5. The van der Waals surface area contributed by atoms with E-state index in [4.69, 9.17) is 4.74 Å². The average molecular weight is 320 g/mol. The minimum absolute atomic E-state index is 0.298. The highest BCUT2D eigenvalue weighted by molar-refractivity contribution is 5.89. The fourth-order valence-corrected chi connectivity index (χ4v) is 3.01. The van der Waals surface area contributed by atoms with Crippen molar-refractivity contribution in [3.8, 4) is 0 Å². The summed E-state index contributed by atoms with van der Waals surface area (Å²) in [6.45, 7) is 9.38. The Labute approximate surface area is 138 Å². The highest BCUT2D eigenvalue weighted by Crippen LogP contribution is 2.13. The van der Waals surface area contributed by atoms with Crippen molar-refractivity contribution < 1.29 is 14.6 Å². The molecule has 0 radical (unpaired) electrons. The highest BCUT2D eigenvalue weighted by Gasteiger charge is 2.21. The van der Waals surface area contributed by atoms with Crippen LogP contribution in [-0.2, 0) is 11.3 Å². The van der Waals surface area contributed by atoms with Crippen LogP contribution in [0.25, 0.3) is 0 Å². The third kappa shape index (κ3) is 5.94. The minimum atomic E-state index is -0.640. The standard InChI is InChI=1S/C18H28N2O3/c1-18(2,22)14-20-10-4-9-19(11-12-20)13-15-5-7-16(8-6-15)17(21)23-3/h5-8,22H,4,9-14H2,1-3H3. The van der Waals surface area contributed by atoms with Crippen molar-refractivity contribution in [2.75, 3.05) is 39.8 Å². The molecule has 5 nitrogen and oxygen atoms in total. The fraction of sp³-hybridized carbons (Fsp3) is 0.611. The van der Waals surface area contributed by atoms with Crippen LogP contribution in [0, 0.1) is 0 Å². The van der Waals surface area contributed by atoms with Crippen LogP contribution in [0.3, 0.4) is 0 Å². The Morgan fingerprint density at radius 1 is 1.13 bits per heavy atom. The molecule has 0 unspecified atom stereocenters. The summed E-state index contributed by atoms with van der Waals surface area (Å²) >= 11 is 0. The van der Waals surface area contributed by atoms with Gasteiger partial charge < -0.3 is 9.84 Å². The van der Waals surface area contributed by atoms with Crippen molar-refractivity contribution in [2.24, 2.45) is 0 Å². The Morgan fingerprint density at radius 3 is 2.35 bits per heavy atom. The van der Waals surface area contributed by atoms with Crippen LogP contribution in [-0.4, -0.2) is 66.3 Å². The van der Waals surface area contributed by atoms with E-state index in [0.717, 1.165) is 39.1 Å². The monoisotopic (exact) mass is 320 g/mol. The van der Waals surface area contributed by atoms with Crippen molar-refractivity contribution >= 4 is 5.97 Å². The van der Waals surface area contributed by atoms with Crippen LogP contribution in [0.4, 0.5) is 0 Å². The van der Waals surface area contributed by atoms with Gasteiger partial charge in [-0.15, -0.1) is 0 Å². The molecule has 0 atom stereocenters. The van der Waals surface area contributed by atoms with Gasteiger partial charge in [-0.05, 0) is 51.1 Å². The number of aliphatic hydroxyl groups is 1. The quantitative estimate of drug-likeness (QED) is 0.838. The number of ether oxygens (including phenoxy) is 1. The third-order valence-corrected chi connectivity index (χ3v) is 4.07. The average Bonchev–Trinajstić information content (AvgIpc) is 2.71. The van der Waals surface area contributed by atoms with Gasteiger partial charge in [0, 0.05) is 26.2 Å². The van der Waals surface area contributed by atoms with Crippen LogP contribution in [0.5, 0.6) is 0 Å². The molecule has 1 aromatic carbocycles. The molecule has 0 spiro atoms. The zero-order chi connectivity index (χ0) is 16.9. The molecule has 0 bridgehead atoms. The second-order valence-electron chi connectivity index (χ2n) is 6.91. The molecule has 1 aliphatic heterocycles. The smallest absolute Gasteiger partial charge is 0.337 e. The molecule has 1 heterocycles. The van der Waals surface area contributed by atoms with Crippen LogP contribution in [0.1, 0.15) is 36.2 Å². The Kier molecular flexibility index (Phi) is 6.16. The van der Waals surface area contributed by atoms with Gasteiger partial charge in [-0.3, -0.25) is 9.80 Å². The Hall–Kier alpha value is -1.43. The Bertz CT molecular complexity index is 508. The van der Waals surface area contributed by atoms with E-state index < -0.39 is 5.60 Å². The first-order chi connectivity index (χ1) is 10.9. The lowest BCUT2D eigenvalue weighted by Crippen LogP contribution is -2.40. The topological polar surface area (TPSA) is 53.0 Å². The molecule has 2 rings (SSSR count). The molecule has 0 aliphatic carbocycles. The van der Waals surface area contributed by atoms with E-state index >= 15 is 0 Å². The van der Waals surface area contributed by atoms with E-state index in [2.05, 4.69) is 9.80 Å². The molecular formula is C18H28N2O3. The maximum Gasteiger partial charge on any atom is 0.337 e. The van der Waals surface area contributed by atoms with Gasteiger partial charge >= 0.3 is 5.97 Å². The Balaban J connectivity index is 1.87. The second kappa shape index (κ2) is 7.90. The molecule has 1 saturated heterocycles. The molecule has 1 fully saturated rings. The first-order valence-corrected chi connectivity index (χ1v) is 8.22. The predicted octanol–water partition coefficient (Wildman–Crippen LogP) is 1.75. The lowest BCUT2D eigenvalue weighted by atomic mass is 10.1. The third-order valence-electron chi connectivity index (χ3n) is 4.07. The number of carbonyl (C=O) groups is 1. The number of methoxy groups -OCH3 is 1. The van der Waals surface area contributed by atoms with Crippen molar-refractivity contribution in [2.45, 2.75) is 32.4 Å². The Morgan fingerprint density at radius 2 is 1.74 bits per heavy atom. The van der Waals surface area contributed by atoms with Crippen LogP contribution in [0.15, 0.2) is 24.3 Å². The van der Waals surface area contributed by atoms with Crippen LogP contribution < -0.4 is 0 Å². The van der Waals surface area contributed by atoms with E-state index in [1.165, 1.54) is 12.7 Å². The van der Waals surface area contributed by atoms with E-state index in [9.17, 15) is 9.90 Å². The van der Waals surface area contributed by atoms with E-state index in [1.54, 1.807) is 0 Å². The number of nitrogens with zero attached hydrogens (tertiary/aromatic N) is 2. The normalized spacial score (nSPS) is 17.7. The zero-order valence-corrected chi connectivity index (χ0v) is 14.4. The molecule has 0 amide bonds. The summed E-state index contributed by atoms with van der Waals surface area (Å²) in [6.07, 6.45) is 1.11. The number of benzene rings is 1. The van der Waals surface area contributed by atoms with Crippen molar-refractivity contribution in [1.29, 1.82) is 0 Å². The number of hydrogen-bond donors (Lipinski definition) is 1. The van der Waals surface area contributed by atoms with Gasteiger partial charge in [0.2, 0.25) is 0 Å². The van der Waals surface area contributed by atoms with Gasteiger partial charge in [-0.1, -0.05) is 12.1 Å². The largest absolute Gasteiger partial charge is 0.465 e. The highest BCUT2D eigenvalue weighted by atomic mass is 16.5. The molecule has 128 valence electrons. The number of β-amino-alcohol motifs (C(OH)–C–C–N with tert-alkyl or cyclic N) is 1. The van der Waals surface area contributed by atoms with E-state index in [1.807, 2.05) is 38.1 Å². The first kappa shape index (κ1) is 17.9. The molecular weight excluding hydrogens is 292 g/mol. The van der Waals surface area contributed by atoms with Crippen molar-refractivity contribution in [1.82, 2.24) is 9.80 Å². The molecule has 0 saturated carbocycles. The van der Waals surface area contributed by atoms with Gasteiger partial charge in [0.1, 0.15) is 0 Å². The van der Waals surface area contributed by atoms with Gasteiger partial charge in [0.15, 0.2) is 0 Å². The zero-order valence-electron chi connectivity index (χ0n) is 14.4. The van der Waals surface area contributed by atoms with Gasteiger partial charge in [0.05, 0.1) is 18.3 Å². The molecule has 1 N–H and O–H groups in total. The number of hydrogen-bond acceptors (Lipinski definition) is 5. The molecule has 5 heteroatoms. The van der Waals surface area contributed by atoms with Gasteiger partial charge in [-0.2, -0.15) is 0 Å².